The lowest BCUT2D eigenvalue weighted by molar-refractivity contribution is -0.147. The lowest BCUT2D eigenvalue weighted by atomic mass is 10.1. The molecule has 1 heterocycles. The van der Waals surface area contributed by atoms with Crippen molar-refractivity contribution in [2.75, 3.05) is 39.8 Å². The van der Waals surface area contributed by atoms with Crippen LogP contribution in [-0.4, -0.2) is 55.5 Å². The fourth-order valence-corrected chi connectivity index (χ4v) is 2.34. The Bertz CT molecular complexity index is 409. The van der Waals surface area contributed by atoms with Gasteiger partial charge in [0.25, 0.3) is 0 Å². The minimum absolute atomic E-state index is 0. The lowest BCUT2D eigenvalue weighted by Gasteiger charge is -2.34. The fraction of sp³-hybridized carbons (Fsp3) is 0.533. The maximum absolute atomic E-state index is 11.3. The number of nitrogens with zero attached hydrogens (tertiary/aromatic N) is 2. The molecule has 120 valence electrons. The maximum Gasteiger partial charge on any atom is 0.303 e. The molecule has 0 radical (unpaired) electrons. The van der Waals surface area contributed by atoms with E-state index < -0.39 is 0 Å². The summed E-state index contributed by atoms with van der Waals surface area (Å²) in [7, 11) is 2.14. The summed E-state index contributed by atoms with van der Waals surface area (Å²) < 4.78 is 5.47. The number of carbonyl (C=O) groups excluding carboxylic acids is 1. The van der Waals surface area contributed by atoms with Gasteiger partial charge >= 0.3 is 5.97 Å². The van der Waals surface area contributed by atoms with Crippen molar-refractivity contribution in [3.8, 4) is 0 Å². The highest BCUT2D eigenvalue weighted by Gasteiger charge is 2.21. The molecule has 21 heavy (non-hydrogen) atoms. The highest BCUT2D eigenvalue weighted by molar-refractivity contribution is 5.85. The minimum Gasteiger partial charge on any atom is -0.456 e. The fourth-order valence-electron chi connectivity index (χ4n) is 2.34. The first-order chi connectivity index (χ1) is 9.15. The van der Waals surface area contributed by atoms with E-state index >= 15 is 0 Å². The molecule has 1 unspecified atom stereocenters. The molecule has 1 aliphatic heterocycles. The van der Waals surface area contributed by atoms with Gasteiger partial charge in [-0.2, -0.15) is 0 Å². The standard InChI is InChI=1S/C15H22N2O2.2ClH/c1-13(18)19-15(14-6-4-3-5-7-14)12-17-10-8-16(2)9-11-17;;/h3-7,15H,8-12H2,1-2H3;2*1H. The van der Waals surface area contributed by atoms with Gasteiger partial charge in [-0.1, -0.05) is 30.3 Å². The van der Waals surface area contributed by atoms with Gasteiger partial charge in [0.15, 0.2) is 0 Å². The van der Waals surface area contributed by atoms with E-state index in [1.54, 1.807) is 0 Å². The molecule has 1 aromatic carbocycles. The summed E-state index contributed by atoms with van der Waals surface area (Å²) in [4.78, 5) is 16.0. The van der Waals surface area contributed by atoms with Crippen molar-refractivity contribution in [3.63, 3.8) is 0 Å². The molecule has 1 saturated heterocycles. The van der Waals surface area contributed by atoms with Crippen molar-refractivity contribution in [2.45, 2.75) is 13.0 Å². The van der Waals surface area contributed by atoms with Crippen molar-refractivity contribution < 1.29 is 9.53 Å². The number of likely N-dealkylation sites (N-methyl/N-ethyl adjacent to an activating group) is 1. The van der Waals surface area contributed by atoms with Crippen LogP contribution in [0, 0.1) is 0 Å². The summed E-state index contributed by atoms with van der Waals surface area (Å²) in [5.74, 6) is -0.219. The van der Waals surface area contributed by atoms with Gasteiger partial charge in [0.2, 0.25) is 0 Å². The van der Waals surface area contributed by atoms with Crippen LogP contribution in [0.2, 0.25) is 0 Å². The third-order valence-electron chi connectivity index (χ3n) is 3.50. The van der Waals surface area contributed by atoms with E-state index in [9.17, 15) is 4.79 Å². The summed E-state index contributed by atoms with van der Waals surface area (Å²) in [6.45, 7) is 6.45. The van der Waals surface area contributed by atoms with Gasteiger partial charge in [-0.15, -0.1) is 24.8 Å². The van der Waals surface area contributed by atoms with Crippen LogP contribution in [0.3, 0.4) is 0 Å². The van der Waals surface area contributed by atoms with E-state index in [0.29, 0.717) is 0 Å². The minimum atomic E-state index is -0.219. The third-order valence-corrected chi connectivity index (χ3v) is 3.50. The molecule has 1 atom stereocenters. The van der Waals surface area contributed by atoms with E-state index in [1.165, 1.54) is 6.92 Å². The number of hydrogen-bond acceptors (Lipinski definition) is 4. The van der Waals surface area contributed by atoms with Crippen LogP contribution in [0.4, 0.5) is 0 Å². The number of carbonyl (C=O) groups is 1. The summed E-state index contributed by atoms with van der Waals surface area (Å²) in [5, 5.41) is 0. The molecule has 1 aromatic rings. The van der Waals surface area contributed by atoms with Gasteiger partial charge in [0.05, 0.1) is 0 Å². The molecule has 2 rings (SSSR count). The number of benzene rings is 1. The van der Waals surface area contributed by atoms with Gasteiger partial charge in [-0.25, -0.2) is 0 Å². The van der Waals surface area contributed by atoms with E-state index in [1.807, 2.05) is 30.3 Å². The second kappa shape index (κ2) is 10.0. The first-order valence-corrected chi connectivity index (χ1v) is 6.78. The molecule has 1 fully saturated rings. The van der Waals surface area contributed by atoms with Gasteiger partial charge in [0, 0.05) is 39.6 Å². The third kappa shape index (κ3) is 6.66. The number of piperazine rings is 1. The molecule has 0 aromatic heterocycles. The summed E-state index contributed by atoms with van der Waals surface area (Å²) >= 11 is 0. The van der Waals surface area contributed by atoms with E-state index in [4.69, 9.17) is 4.74 Å². The van der Waals surface area contributed by atoms with Gasteiger partial charge < -0.3 is 9.64 Å². The second-order valence-electron chi connectivity index (χ2n) is 5.11. The number of rotatable bonds is 4. The number of ether oxygens (including phenoxy) is 1. The Hall–Kier alpha value is -0.810. The molecule has 4 nitrogen and oxygen atoms in total. The zero-order chi connectivity index (χ0) is 13.7. The Balaban J connectivity index is 0.00000200. The quantitative estimate of drug-likeness (QED) is 0.791. The van der Waals surface area contributed by atoms with Crippen LogP contribution < -0.4 is 0 Å². The van der Waals surface area contributed by atoms with Gasteiger partial charge in [-0.05, 0) is 12.6 Å². The summed E-state index contributed by atoms with van der Waals surface area (Å²) in [6, 6.07) is 9.98. The van der Waals surface area contributed by atoms with Crippen LogP contribution in [-0.2, 0) is 9.53 Å². The average molecular weight is 335 g/mol. The van der Waals surface area contributed by atoms with Gasteiger partial charge in [-0.3, -0.25) is 9.69 Å². The number of halogens is 2. The lowest BCUT2D eigenvalue weighted by Crippen LogP contribution is -2.46. The first-order valence-electron chi connectivity index (χ1n) is 6.78. The SMILES string of the molecule is CC(=O)OC(CN1CCN(C)CC1)c1ccccc1.Cl.Cl. The number of hydrogen-bond donors (Lipinski definition) is 0. The van der Waals surface area contributed by atoms with Crippen LogP contribution in [0.15, 0.2) is 30.3 Å². The monoisotopic (exact) mass is 334 g/mol. The zero-order valence-electron chi connectivity index (χ0n) is 12.5. The first kappa shape index (κ1) is 20.2. The van der Waals surface area contributed by atoms with Gasteiger partial charge in [0.1, 0.15) is 6.10 Å². The average Bonchev–Trinajstić information content (AvgIpc) is 2.41. The largest absolute Gasteiger partial charge is 0.456 e. The molecule has 0 amide bonds. The van der Waals surface area contributed by atoms with Crippen LogP contribution in [0.1, 0.15) is 18.6 Å². The predicted octanol–water partition coefficient (Wildman–Crippen LogP) is 2.38. The highest BCUT2D eigenvalue weighted by Crippen LogP contribution is 2.19. The predicted molar refractivity (Wildman–Crippen MR) is 89.4 cm³/mol. The van der Waals surface area contributed by atoms with Crippen molar-refractivity contribution in [3.05, 3.63) is 35.9 Å². The Morgan fingerprint density at radius 1 is 1.14 bits per heavy atom. The van der Waals surface area contributed by atoms with Crippen LogP contribution in [0.5, 0.6) is 0 Å². The smallest absolute Gasteiger partial charge is 0.303 e. The summed E-state index contributed by atoms with van der Waals surface area (Å²) in [5.41, 5.74) is 1.07. The Morgan fingerprint density at radius 3 is 2.24 bits per heavy atom. The molecule has 0 N–H and O–H groups in total. The molecule has 0 aliphatic carbocycles. The molecule has 6 heteroatoms. The van der Waals surface area contributed by atoms with E-state index in [-0.39, 0.29) is 36.9 Å². The molecular formula is C15H24Cl2N2O2. The molecule has 0 spiro atoms. The second-order valence-corrected chi connectivity index (χ2v) is 5.11. The van der Waals surface area contributed by atoms with E-state index in [2.05, 4.69) is 16.8 Å². The Morgan fingerprint density at radius 2 is 1.71 bits per heavy atom. The van der Waals surface area contributed by atoms with Crippen LogP contribution >= 0.6 is 24.8 Å². The van der Waals surface area contributed by atoms with E-state index in [0.717, 1.165) is 38.3 Å². The van der Waals surface area contributed by atoms with Crippen LogP contribution in [0.25, 0.3) is 0 Å². The Labute approximate surface area is 139 Å². The molecule has 0 bridgehead atoms. The van der Waals surface area contributed by atoms with Crippen molar-refractivity contribution in [1.29, 1.82) is 0 Å². The van der Waals surface area contributed by atoms with Crippen molar-refractivity contribution >= 4 is 30.8 Å². The highest BCUT2D eigenvalue weighted by atomic mass is 35.5. The summed E-state index contributed by atoms with van der Waals surface area (Å²) in [6.07, 6.45) is -0.165. The molecule has 0 saturated carbocycles. The van der Waals surface area contributed by atoms with Crippen molar-refractivity contribution in [2.24, 2.45) is 0 Å². The molecule has 1 aliphatic rings. The maximum atomic E-state index is 11.3. The normalized spacial score (nSPS) is 17.2. The molecular weight excluding hydrogens is 311 g/mol. The Kier molecular flexibility index (Phi) is 9.62. The topological polar surface area (TPSA) is 32.8 Å². The number of esters is 1. The zero-order valence-corrected chi connectivity index (χ0v) is 14.2. The van der Waals surface area contributed by atoms with Crippen molar-refractivity contribution in [1.82, 2.24) is 9.80 Å².